The zero-order valence-corrected chi connectivity index (χ0v) is 11.7. The van der Waals surface area contributed by atoms with E-state index in [0.717, 1.165) is 19.6 Å². The van der Waals surface area contributed by atoms with E-state index in [0.29, 0.717) is 6.42 Å². The first kappa shape index (κ1) is 16.4. The highest BCUT2D eigenvalue weighted by molar-refractivity contribution is 5.79. The van der Waals surface area contributed by atoms with E-state index in [2.05, 4.69) is 11.8 Å². The number of carbonyl (C=O) groups excluding carboxylic acids is 1. The van der Waals surface area contributed by atoms with Crippen molar-refractivity contribution in [1.29, 1.82) is 0 Å². The fourth-order valence-electron chi connectivity index (χ4n) is 1.76. The zero-order chi connectivity index (χ0) is 13.5. The summed E-state index contributed by atoms with van der Waals surface area (Å²) in [5.74, 6) is -0.366. The molecular formula is C12H26N2O3. The number of nitrogens with zero attached hydrogens (tertiary/aromatic N) is 1. The molecule has 0 aromatic heterocycles. The van der Waals surface area contributed by atoms with Gasteiger partial charge in [0.25, 0.3) is 0 Å². The Hall–Kier alpha value is -0.650. The second-order valence-electron chi connectivity index (χ2n) is 4.79. The van der Waals surface area contributed by atoms with Gasteiger partial charge in [-0.15, -0.1) is 0 Å². The maximum Gasteiger partial charge on any atom is 0.325 e. The number of rotatable bonds is 8. The van der Waals surface area contributed by atoms with Gasteiger partial charge in [0.1, 0.15) is 5.54 Å². The lowest BCUT2D eigenvalue weighted by atomic mass is 9.94. The Morgan fingerprint density at radius 3 is 2.53 bits per heavy atom. The van der Waals surface area contributed by atoms with Gasteiger partial charge in [-0.25, -0.2) is 0 Å². The fraction of sp³-hybridized carbons (Fsp3) is 0.917. The summed E-state index contributed by atoms with van der Waals surface area (Å²) in [6.45, 7) is 5.43. The molecule has 102 valence electrons. The molecule has 5 heteroatoms. The maximum absolute atomic E-state index is 11.5. The van der Waals surface area contributed by atoms with Crippen LogP contribution in [0.1, 0.15) is 26.7 Å². The van der Waals surface area contributed by atoms with E-state index >= 15 is 0 Å². The van der Waals surface area contributed by atoms with Gasteiger partial charge >= 0.3 is 5.97 Å². The third kappa shape index (κ3) is 6.00. The minimum atomic E-state index is -0.927. The van der Waals surface area contributed by atoms with Crippen LogP contribution in [0.15, 0.2) is 0 Å². The predicted molar refractivity (Wildman–Crippen MR) is 67.8 cm³/mol. The van der Waals surface area contributed by atoms with Crippen LogP contribution in [0.25, 0.3) is 0 Å². The second kappa shape index (κ2) is 7.63. The molecule has 0 aromatic rings. The standard InChI is InChI=1S/C12H26N2O3/c1-10(14(3)7-6-8-16-4)9-12(2,13)11(15)17-5/h10H,6-9,13H2,1-5H3. The molecule has 0 aliphatic rings. The summed E-state index contributed by atoms with van der Waals surface area (Å²) >= 11 is 0. The van der Waals surface area contributed by atoms with Gasteiger partial charge in [-0.2, -0.15) is 0 Å². The molecule has 0 amide bonds. The zero-order valence-electron chi connectivity index (χ0n) is 11.7. The highest BCUT2D eigenvalue weighted by Crippen LogP contribution is 2.14. The van der Waals surface area contributed by atoms with E-state index in [4.69, 9.17) is 15.2 Å². The van der Waals surface area contributed by atoms with Crippen LogP contribution in [0.2, 0.25) is 0 Å². The summed E-state index contributed by atoms with van der Waals surface area (Å²) in [4.78, 5) is 13.6. The van der Waals surface area contributed by atoms with Crippen LogP contribution in [0.4, 0.5) is 0 Å². The van der Waals surface area contributed by atoms with Crippen LogP contribution in [0, 0.1) is 0 Å². The number of ether oxygens (including phenoxy) is 2. The summed E-state index contributed by atoms with van der Waals surface area (Å²) in [6.07, 6.45) is 1.54. The molecular weight excluding hydrogens is 220 g/mol. The summed E-state index contributed by atoms with van der Waals surface area (Å²) in [5, 5.41) is 0. The number of carbonyl (C=O) groups is 1. The Morgan fingerprint density at radius 2 is 2.06 bits per heavy atom. The predicted octanol–water partition coefficient (Wildman–Crippen LogP) is 0.624. The number of esters is 1. The number of hydrogen-bond acceptors (Lipinski definition) is 5. The molecule has 0 aromatic carbocycles. The molecule has 2 unspecified atom stereocenters. The number of nitrogens with two attached hydrogens (primary N) is 1. The highest BCUT2D eigenvalue weighted by atomic mass is 16.5. The minimum absolute atomic E-state index is 0.223. The highest BCUT2D eigenvalue weighted by Gasteiger charge is 2.32. The van der Waals surface area contributed by atoms with E-state index in [1.165, 1.54) is 7.11 Å². The van der Waals surface area contributed by atoms with Crippen molar-refractivity contribution in [2.45, 2.75) is 38.3 Å². The van der Waals surface area contributed by atoms with Gasteiger partial charge in [-0.05, 0) is 33.7 Å². The number of methoxy groups -OCH3 is 2. The van der Waals surface area contributed by atoms with Crippen molar-refractivity contribution in [3.8, 4) is 0 Å². The smallest absolute Gasteiger partial charge is 0.325 e. The lowest BCUT2D eigenvalue weighted by molar-refractivity contribution is -0.147. The Balaban J connectivity index is 4.14. The second-order valence-corrected chi connectivity index (χ2v) is 4.79. The Bertz CT molecular complexity index is 232. The first-order valence-corrected chi connectivity index (χ1v) is 5.91. The monoisotopic (exact) mass is 246 g/mol. The third-order valence-electron chi connectivity index (χ3n) is 2.98. The van der Waals surface area contributed by atoms with Crippen molar-refractivity contribution in [3.63, 3.8) is 0 Å². The molecule has 0 spiro atoms. The van der Waals surface area contributed by atoms with E-state index in [1.807, 2.05) is 7.05 Å². The van der Waals surface area contributed by atoms with E-state index < -0.39 is 5.54 Å². The average Bonchev–Trinajstić information content (AvgIpc) is 2.27. The lowest BCUT2D eigenvalue weighted by Crippen LogP contribution is -2.50. The summed E-state index contributed by atoms with van der Waals surface area (Å²) in [5.41, 5.74) is 5.01. The molecule has 2 N–H and O–H groups in total. The van der Waals surface area contributed by atoms with Crippen molar-refractivity contribution >= 4 is 5.97 Å². The maximum atomic E-state index is 11.5. The van der Waals surface area contributed by atoms with Crippen molar-refractivity contribution in [2.24, 2.45) is 5.73 Å². The fourth-order valence-corrected chi connectivity index (χ4v) is 1.76. The van der Waals surface area contributed by atoms with Crippen molar-refractivity contribution in [1.82, 2.24) is 4.90 Å². The Labute approximate surface area is 104 Å². The SMILES string of the molecule is COCCCN(C)C(C)CC(C)(N)C(=O)OC. The molecule has 17 heavy (non-hydrogen) atoms. The van der Waals surface area contributed by atoms with Gasteiger partial charge in [0.15, 0.2) is 0 Å². The van der Waals surface area contributed by atoms with Crippen LogP contribution in [-0.2, 0) is 14.3 Å². The first-order chi connectivity index (χ1) is 7.85. The van der Waals surface area contributed by atoms with Crippen molar-refractivity contribution < 1.29 is 14.3 Å². The topological polar surface area (TPSA) is 64.8 Å². The van der Waals surface area contributed by atoms with E-state index in [9.17, 15) is 4.79 Å². The Kier molecular flexibility index (Phi) is 7.34. The van der Waals surface area contributed by atoms with Gasteiger partial charge in [-0.3, -0.25) is 4.79 Å². The van der Waals surface area contributed by atoms with Crippen molar-refractivity contribution in [3.05, 3.63) is 0 Å². The van der Waals surface area contributed by atoms with E-state index in [-0.39, 0.29) is 12.0 Å². The van der Waals surface area contributed by atoms with Gasteiger partial charge in [0, 0.05) is 26.3 Å². The largest absolute Gasteiger partial charge is 0.468 e. The normalized spacial score (nSPS) is 16.6. The van der Waals surface area contributed by atoms with Crippen LogP contribution >= 0.6 is 0 Å². The molecule has 0 bridgehead atoms. The van der Waals surface area contributed by atoms with Crippen molar-refractivity contribution in [2.75, 3.05) is 34.4 Å². The molecule has 5 nitrogen and oxygen atoms in total. The van der Waals surface area contributed by atoms with Gasteiger partial charge in [0.05, 0.1) is 7.11 Å². The number of hydrogen-bond donors (Lipinski definition) is 1. The molecule has 0 aliphatic heterocycles. The summed E-state index contributed by atoms with van der Waals surface area (Å²) in [7, 11) is 5.08. The average molecular weight is 246 g/mol. The molecule has 0 heterocycles. The molecule has 0 rings (SSSR count). The van der Waals surface area contributed by atoms with Gasteiger partial charge in [-0.1, -0.05) is 0 Å². The molecule has 2 atom stereocenters. The summed E-state index contributed by atoms with van der Waals surface area (Å²) < 4.78 is 9.69. The molecule has 0 saturated carbocycles. The molecule has 0 radical (unpaired) electrons. The summed E-state index contributed by atoms with van der Waals surface area (Å²) in [6, 6.07) is 0.223. The van der Waals surface area contributed by atoms with Crippen LogP contribution < -0.4 is 5.73 Å². The molecule has 0 aliphatic carbocycles. The molecule has 0 fully saturated rings. The quantitative estimate of drug-likeness (QED) is 0.502. The van der Waals surface area contributed by atoms with Crippen LogP contribution in [0.5, 0.6) is 0 Å². The minimum Gasteiger partial charge on any atom is -0.468 e. The van der Waals surface area contributed by atoms with Gasteiger partial charge in [0.2, 0.25) is 0 Å². The first-order valence-electron chi connectivity index (χ1n) is 5.91. The van der Waals surface area contributed by atoms with Gasteiger partial charge < -0.3 is 20.1 Å². The third-order valence-corrected chi connectivity index (χ3v) is 2.98. The Morgan fingerprint density at radius 1 is 1.47 bits per heavy atom. The molecule has 0 saturated heterocycles. The lowest BCUT2D eigenvalue weighted by Gasteiger charge is -2.31. The van der Waals surface area contributed by atoms with Crippen LogP contribution in [-0.4, -0.2) is 56.9 Å². The van der Waals surface area contributed by atoms with E-state index in [1.54, 1.807) is 14.0 Å². The van der Waals surface area contributed by atoms with Crippen LogP contribution in [0.3, 0.4) is 0 Å².